The molecule has 0 aliphatic carbocycles. The molecule has 1 amide bonds. The third-order valence-corrected chi connectivity index (χ3v) is 4.50. The van der Waals surface area contributed by atoms with Crippen LogP contribution in [0.3, 0.4) is 0 Å². The molecule has 0 fully saturated rings. The first-order valence-corrected chi connectivity index (χ1v) is 10.3. The Kier molecular flexibility index (Phi) is 16.9. The van der Waals surface area contributed by atoms with Gasteiger partial charge < -0.3 is 15.5 Å². The zero-order valence-corrected chi connectivity index (χ0v) is 16.1. The normalized spacial score (nSPS) is 12.1. The summed E-state index contributed by atoms with van der Waals surface area (Å²) in [6, 6.07) is 0. The molecule has 0 radical (unpaired) electrons. The van der Waals surface area contributed by atoms with Gasteiger partial charge in [0.25, 0.3) is 0 Å². The molecule has 148 valence electrons. The number of hydrogen-bond acceptors (Lipinski definition) is 3. The lowest BCUT2D eigenvalue weighted by Gasteiger charge is -2.09. The van der Waals surface area contributed by atoms with Crippen LogP contribution in [0, 0.1) is 0 Å². The van der Waals surface area contributed by atoms with Crippen LogP contribution in [-0.4, -0.2) is 34.7 Å². The van der Waals surface area contributed by atoms with Crippen molar-refractivity contribution in [3.8, 4) is 0 Å². The van der Waals surface area contributed by atoms with Gasteiger partial charge in [0.15, 0.2) is 0 Å². The highest BCUT2D eigenvalue weighted by atomic mass is 16.4. The van der Waals surface area contributed by atoms with E-state index in [1.54, 1.807) is 0 Å². The molecule has 0 aromatic heterocycles. The minimum atomic E-state index is -1.44. The largest absolute Gasteiger partial charge is 0.481 e. The second-order valence-electron chi connectivity index (χ2n) is 7.00. The van der Waals surface area contributed by atoms with Crippen molar-refractivity contribution in [3.05, 3.63) is 0 Å². The molecule has 1 atom stereocenters. The van der Waals surface area contributed by atoms with Crippen LogP contribution in [0.1, 0.15) is 103 Å². The van der Waals surface area contributed by atoms with Crippen LogP contribution in [0.5, 0.6) is 0 Å². The highest BCUT2D eigenvalue weighted by Gasteiger charge is 2.17. The first-order valence-electron chi connectivity index (χ1n) is 10.3. The molecular formula is C20H39NO4. The Balaban J connectivity index is 3.21. The number of aliphatic hydroxyl groups excluding tert-OH is 1. The number of aliphatic carboxylic acids is 1. The number of nitrogens with one attached hydrogen (secondary N) is 1. The predicted octanol–water partition coefficient (Wildman–Crippen LogP) is 4.42. The van der Waals surface area contributed by atoms with Gasteiger partial charge in [-0.25, -0.2) is 0 Å². The smallest absolute Gasteiger partial charge is 0.306 e. The summed E-state index contributed by atoms with van der Waals surface area (Å²) in [6.45, 7) is 2.76. The van der Waals surface area contributed by atoms with E-state index >= 15 is 0 Å². The zero-order chi connectivity index (χ0) is 18.8. The number of carboxylic acids is 1. The van der Waals surface area contributed by atoms with Crippen LogP contribution in [0.25, 0.3) is 0 Å². The number of aliphatic hydroxyl groups is 1. The van der Waals surface area contributed by atoms with Crippen molar-refractivity contribution in [1.82, 2.24) is 5.32 Å². The van der Waals surface area contributed by atoms with E-state index in [4.69, 9.17) is 5.11 Å². The van der Waals surface area contributed by atoms with E-state index in [0.29, 0.717) is 6.54 Å². The Morgan fingerprint density at radius 1 is 0.760 bits per heavy atom. The summed E-state index contributed by atoms with van der Waals surface area (Å²) in [5.41, 5.74) is 0. The minimum absolute atomic E-state index is 0.507. The molecule has 0 aromatic rings. The van der Waals surface area contributed by atoms with E-state index < -0.39 is 24.4 Å². The van der Waals surface area contributed by atoms with Crippen LogP contribution in [0.15, 0.2) is 0 Å². The van der Waals surface area contributed by atoms with Gasteiger partial charge in [0.2, 0.25) is 5.91 Å². The Morgan fingerprint density at radius 3 is 1.56 bits per heavy atom. The van der Waals surface area contributed by atoms with Crippen molar-refractivity contribution in [2.45, 2.75) is 109 Å². The fourth-order valence-electron chi connectivity index (χ4n) is 2.91. The molecule has 0 aromatic carbocycles. The Hall–Kier alpha value is -1.10. The average molecular weight is 358 g/mol. The maximum absolute atomic E-state index is 11.4. The predicted molar refractivity (Wildman–Crippen MR) is 102 cm³/mol. The number of carboxylic acid groups (broad SMARTS) is 1. The summed E-state index contributed by atoms with van der Waals surface area (Å²) in [5.74, 6) is -1.75. The summed E-state index contributed by atoms with van der Waals surface area (Å²) < 4.78 is 0. The van der Waals surface area contributed by atoms with Crippen molar-refractivity contribution in [1.29, 1.82) is 0 Å². The van der Waals surface area contributed by atoms with Gasteiger partial charge in [-0.1, -0.05) is 90.4 Å². The zero-order valence-electron chi connectivity index (χ0n) is 16.1. The Bertz CT molecular complexity index is 334. The highest BCUT2D eigenvalue weighted by molar-refractivity contribution is 5.84. The fourth-order valence-corrected chi connectivity index (χ4v) is 2.91. The topological polar surface area (TPSA) is 86.6 Å². The molecule has 3 N–H and O–H groups in total. The van der Waals surface area contributed by atoms with E-state index in [-0.39, 0.29) is 0 Å². The second-order valence-corrected chi connectivity index (χ2v) is 7.00. The van der Waals surface area contributed by atoms with Crippen LogP contribution in [-0.2, 0) is 9.59 Å². The first-order chi connectivity index (χ1) is 12.1. The molecule has 5 heteroatoms. The monoisotopic (exact) mass is 357 g/mol. The van der Waals surface area contributed by atoms with Gasteiger partial charge in [0.05, 0.1) is 6.42 Å². The van der Waals surface area contributed by atoms with Crippen LogP contribution in [0.4, 0.5) is 0 Å². The maximum atomic E-state index is 11.4. The lowest BCUT2D eigenvalue weighted by molar-refractivity contribution is -0.143. The van der Waals surface area contributed by atoms with Gasteiger partial charge in [-0.2, -0.15) is 0 Å². The third kappa shape index (κ3) is 17.5. The van der Waals surface area contributed by atoms with Gasteiger partial charge in [0, 0.05) is 6.54 Å². The molecule has 0 aliphatic heterocycles. The van der Waals surface area contributed by atoms with Crippen molar-refractivity contribution >= 4 is 11.9 Å². The molecule has 0 saturated carbocycles. The second kappa shape index (κ2) is 17.7. The Morgan fingerprint density at radius 2 is 1.16 bits per heavy atom. The summed E-state index contributed by atoms with van der Waals surface area (Å²) >= 11 is 0. The number of carbonyl (C=O) groups is 2. The third-order valence-electron chi connectivity index (χ3n) is 4.50. The van der Waals surface area contributed by atoms with E-state index in [9.17, 15) is 14.7 Å². The molecule has 0 spiro atoms. The molecule has 0 rings (SSSR count). The van der Waals surface area contributed by atoms with Crippen LogP contribution >= 0.6 is 0 Å². The van der Waals surface area contributed by atoms with Crippen molar-refractivity contribution < 1.29 is 19.8 Å². The molecule has 0 saturated heterocycles. The fraction of sp³-hybridized carbons (Fsp3) is 0.900. The first kappa shape index (κ1) is 23.9. The molecule has 25 heavy (non-hydrogen) atoms. The summed E-state index contributed by atoms with van der Waals surface area (Å²) in [4.78, 5) is 21.8. The van der Waals surface area contributed by atoms with Crippen molar-refractivity contribution in [3.63, 3.8) is 0 Å². The highest BCUT2D eigenvalue weighted by Crippen LogP contribution is 2.12. The van der Waals surface area contributed by atoms with Crippen molar-refractivity contribution in [2.75, 3.05) is 6.54 Å². The van der Waals surface area contributed by atoms with Crippen LogP contribution in [0.2, 0.25) is 0 Å². The lowest BCUT2D eigenvalue weighted by Crippen LogP contribution is -2.36. The van der Waals surface area contributed by atoms with E-state index in [1.807, 2.05) is 0 Å². The SMILES string of the molecule is CCCCCCCCCCCCCCCCNC(=O)C(O)CC(=O)O. The number of amides is 1. The molecular weight excluding hydrogens is 318 g/mol. The average Bonchev–Trinajstić information content (AvgIpc) is 2.57. The van der Waals surface area contributed by atoms with Crippen molar-refractivity contribution in [2.24, 2.45) is 0 Å². The lowest BCUT2D eigenvalue weighted by atomic mass is 10.0. The maximum Gasteiger partial charge on any atom is 0.306 e. The van der Waals surface area contributed by atoms with Gasteiger partial charge in [-0.05, 0) is 6.42 Å². The molecule has 0 heterocycles. The molecule has 1 unspecified atom stereocenters. The molecule has 0 bridgehead atoms. The van der Waals surface area contributed by atoms with Gasteiger partial charge in [-0.15, -0.1) is 0 Å². The van der Waals surface area contributed by atoms with E-state index in [2.05, 4.69) is 12.2 Å². The number of unbranched alkanes of at least 4 members (excludes halogenated alkanes) is 13. The molecule has 5 nitrogen and oxygen atoms in total. The summed E-state index contributed by atoms with van der Waals surface area (Å²) in [6.07, 6.45) is 16.0. The minimum Gasteiger partial charge on any atom is -0.481 e. The number of hydrogen-bond donors (Lipinski definition) is 3. The van der Waals surface area contributed by atoms with E-state index in [0.717, 1.165) is 12.8 Å². The quantitative estimate of drug-likeness (QED) is 0.317. The number of rotatable bonds is 18. The standard InChI is InChI=1S/C20H39NO4/c1-2-3-4-5-6-7-8-9-10-11-12-13-14-15-16-21-20(25)18(22)17-19(23)24/h18,22H,2-17H2,1H3,(H,21,25)(H,23,24). The van der Waals surface area contributed by atoms with Gasteiger partial charge >= 0.3 is 5.97 Å². The van der Waals surface area contributed by atoms with Crippen LogP contribution < -0.4 is 5.32 Å². The summed E-state index contributed by atoms with van der Waals surface area (Å²) in [5, 5.41) is 20.4. The van der Waals surface area contributed by atoms with Gasteiger partial charge in [0.1, 0.15) is 6.10 Å². The summed E-state index contributed by atoms with van der Waals surface area (Å²) in [7, 11) is 0. The van der Waals surface area contributed by atoms with Gasteiger partial charge in [-0.3, -0.25) is 9.59 Å². The van der Waals surface area contributed by atoms with E-state index in [1.165, 1.54) is 77.0 Å². The Labute approximate surface area is 153 Å². The molecule has 0 aliphatic rings. The number of carbonyl (C=O) groups excluding carboxylic acids is 1.